The van der Waals surface area contributed by atoms with Gasteiger partial charge in [-0.15, -0.1) is 0 Å². The molecule has 2 aromatic rings. The fraction of sp³-hybridized carbons (Fsp3) is 0.118. The molecule has 1 amide bonds. The van der Waals surface area contributed by atoms with Gasteiger partial charge in [-0.05, 0) is 0 Å². The molecule has 2 aromatic carbocycles. The van der Waals surface area contributed by atoms with Crippen LogP contribution in [0.15, 0.2) is 65.1 Å². The molecule has 0 heterocycles. The van der Waals surface area contributed by atoms with E-state index in [0.29, 0.717) is 0 Å². The van der Waals surface area contributed by atoms with Gasteiger partial charge in [-0.25, -0.2) is 0 Å². The Morgan fingerprint density at radius 2 is 1.67 bits per heavy atom. The molecule has 2 nitrogen and oxygen atoms in total. The van der Waals surface area contributed by atoms with Crippen LogP contribution < -0.4 is 3.61 Å². The van der Waals surface area contributed by atoms with E-state index in [4.69, 9.17) is 0 Å². The summed E-state index contributed by atoms with van der Waals surface area (Å²) in [5.41, 5.74) is 1.12. The molecular formula is C17H16BrNOTe. The predicted octanol–water partition coefficient (Wildman–Crippen LogP) is 2.91. The van der Waals surface area contributed by atoms with Crippen molar-refractivity contribution in [1.29, 1.82) is 0 Å². The summed E-state index contributed by atoms with van der Waals surface area (Å²) in [6, 6.07) is 18.5. The van der Waals surface area contributed by atoms with Gasteiger partial charge in [0.05, 0.1) is 0 Å². The molecule has 0 unspecified atom stereocenters. The first-order valence-corrected chi connectivity index (χ1v) is 9.60. The second kappa shape index (κ2) is 7.79. The molecule has 0 aliphatic carbocycles. The topological polar surface area (TPSA) is 20.3 Å². The van der Waals surface area contributed by atoms with Crippen LogP contribution in [-0.2, 0) is 4.79 Å². The Hall–Kier alpha value is -1.08. The third-order valence-corrected chi connectivity index (χ3v) is 6.41. The molecule has 4 heteroatoms. The van der Waals surface area contributed by atoms with Crippen LogP contribution in [0.2, 0.25) is 0 Å². The molecule has 108 valence electrons. The molecule has 2 rings (SSSR count). The van der Waals surface area contributed by atoms with Crippen molar-refractivity contribution in [2.45, 2.75) is 0 Å². The van der Waals surface area contributed by atoms with Crippen molar-refractivity contribution in [3.63, 3.8) is 0 Å². The standard InChI is InChI=1S/C17H16BrNOTe/c1-19(2)17(20)12-16(13-8-10-14(18)11-9-13)21-15-6-4-3-5-7-15/h3-12H,1-2H3/b16-12+. The number of carbonyl (C=O) groups is 1. The summed E-state index contributed by atoms with van der Waals surface area (Å²) in [6.45, 7) is 0. The van der Waals surface area contributed by atoms with Gasteiger partial charge in [0.1, 0.15) is 0 Å². The van der Waals surface area contributed by atoms with Crippen molar-refractivity contribution < 1.29 is 4.79 Å². The maximum absolute atomic E-state index is 12.0. The summed E-state index contributed by atoms with van der Waals surface area (Å²) in [6.07, 6.45) is 1.78. The first kappa shape index (κ1) is 16.3. The SMILES string of the molecule is CN(C)C(=O)/C=C(/[Te]c1ccccc1)c1ccc(Br)cc1. The zero-order chi connectivity index (χ0) is 15.2. The number of likely N-dealkylation sites (N-methyl/N-ethyl adjacent to an activating group) is 1. The Morgan fingerprint density at radius 1 is 1.05 bits per heavy atom. The number of benzene rings is 2. The molecule has 0 saturated carbocycles. The summed E-state index contributed by atoms with van der Waals surface area (Å²) in [5.74, 6) is 0.0361. The van der Waals surface area contributed by atoms with Gasteiger partial charge < -0.3 is 0 Å². The maximum atomic E-state index is 12.0. The van der Waals surface area contributed by atoms with E-state index in [1.54, 1.807) is 25.1 Å². The average molecular weight is 458 g/mol. The minimum atomic E-state index is -0.593. The van der Waals surface area contributed by atoms with E-state index < -0.39 is 20.9 Å². The van der Waals surface area contributed by atoms with Crippen LogP contribution in [0.4, 0.5) is 0 Å². The molecule has 0 aliphatic rings. The van der Waals surface area contributed by atoms with Crippen LogP contribution in [0.25, 0.3) is 3.62 Å². The van der Waals surface area contributed by atoms with Crippen molar-refractivity contribution in [2.75, 3.05) is 14.1 Å². The van der Waals surface area contributed by atoms with Crippen LogP contribution in [0.5, 0.6) is 0 Å². The van der Waals surface area contributed by atoms with E-state index in [-0.39, 0.29) is 5.91 Å². The van der Waals surface area contributed by atoms with Crippen LogP contribution in [0.1, 0.15) is 5.56 Å². The zero-order valence-corrected chi connectivity index (χ0v) is 15.8. The van der Waals surface area contributed by atoms with Crippen LogP contribution in [-0.4, -0.2) is 45.8 Å². The zero-order valence-electron chi connectivity index (χ0n) is 11.9. The van der Waals surface area contributed by atoms with Gasteiger partial charge >= 0.3 is 144 Å². The van der Waals surface area contributed by atoms with Gasteiger partial charge in [-0.3, -0.25) is 0 Å². The van der Waals surface area contributed by atoms with Gasteiger partial charge in [0, 0.05) is 0 Å². The van der Waals surface area contributed by atoms with E-state index in [2.05, 4.69) is 40.2 Å². The van der Waals surface area contributed by atoms with Crippen molar-refractivity contribution in [3.8, 4) is 0 Å². The first-order valence-electron chi connectivity index (χ1n) is 6.48. The second-order valence-corrected chi connectivity index (χ2v) is 8.76. The van der Waals surface area contributed by atoms with Gasteiger partial charge in [-0.1, -0.05) is 0 Å². The molecule has 21 heavy (non-hydrogen) atoms. The number of hydrogen-bond acceptors (Lipinski definition) is 1. The Labute approximate surface area is 144 Å². The van der Waals surface area contributed by atoms with E-state index >= 15 is 0 Å². The number of amides is 1. The quantitative estimate of drug-likeness (QED) is 0.511. The number of halogens is 1. The van der Waals surface area contributed by atoms with Crippen molar-refractivity contribution in [1.82, 2.24) is 4.90 Å². The van der Waals surface area contributed by atoms with E-state index in [9.17, 15) is 4.79 Å². The molecule has 0 atom stereocenters. The number of nitrogens with zero attached hydrogens (tertiary/aromatic N) is 1. The molecule has 0 N–H and O–H groups in total. The number of hydrogen-bond donors (Lipinski definition) is 0. The fourth-order valence-corrected chi connectivity index (χ4v) is 4.65. The van der Waals surface area contributed by atoms with Crippen molar-refractivity contribution in [2.24, 2.45) is 0 Å². The molecule has 0 aromatic heterocycles. The van der Waals surface area contributed by atoms with Crippen LogP contribution in [0, 0.1) is 0 Å². The van der Waals surface area contributed by atoms with E-state index in [0.717, 1.165) is 13.7 Å². The van der Waals surface area contributed by atoms with E-state index in [1.165, 1.54) is 3.61 Å². The summed E-state index contributed by atoms with van der Waals surface area (Å²) >= 11 is 2.86. The molecular weight excluding hydrogens is 442 g/mol. The van der Waals surface area contributed by atoms with Gasteiger partial charge in [0.2, 0.25) is 0 Å². The monoisotopic (exact) mass is 459 g/mol. The normalized spacial score (nSPS) is 11.3. The van der Waals surface area contributed by atoms with Crippen molar-refractivity contribution >= 4 is 50.0 Å². The van der Waals surface area contributed by atoms with Gasteiger partial charge in [-0.2, -0.15) is 0 Å². The summed E-state index contributed by atoms with van der Waals surface area (Å²) < 4.78 is 3.52. The summed E-state index contributed by atoms with van der Waals surface area (Å²) in [4.78, 5) is 13.7. The van der Waals surface area contributed by atoms with Gasteiger partial charge in [0.15, 0.2) is 0 Å². The summed E-state index contributed by atoms with van der Waals surface area (Å²) in [5, 5.41) is 0. The Kier molecular flexibility index (Phi) is 6.05. The molecule has 0 spiro atoms. The Morgan fingerprint density at radius 3 is 2.24 bits per heavy atom. The Bertz CT molecular complexity index is 636. The van der Waals surface area contributed by atoms with Crippen LogP contribution >= 0.6 is 15.9 Å². The summed E-state index contributed by atoms with van der Waals surface area (Å²) in [7, 11) is 3.56. The van der Waals surface area contributed by atoms with Crippen molar-refractivity contribution in [3.05, 3.63) is 70.7 Å². The first-order chi connectivity index (χ1) is 10.1. The second-order valence-electron chi connectivity index (χ2n) is 4.66. The molecule has 0 fully saturated rings. The fourth-order valence-electron chi connectivity index (χ4n) is 1.64. The third-order valence-electron chi connectivity index (χ3n) is 2.80. The van der Waals surface area contributed by atoms with E-state index in [1.807, 2.05) is 30.3 Å². The average Bonchev–Trinajstić information content (AvgIpc) is 2.48. The predicted molar refractivity (Wildman–Crippen MR) is 92.6 cm³/mol. The van der Waals surface area contributed by atoms with Crippen LogP contribution in [0.3, 0.4) is 0 Å². The third kappa shape index (κ3) is 5.00. The molecule has 0 radical (unpaired) electrons. The number of carbonyl (C=O) groups excluding carboxylic acids is 1. The molecule has 0 bridgehead atoms. The minimum absolute atomic E-state index is 0.0361. The Balaban J connectivity index is 2.34. The van der Waals surface area contributed by atoms with Gasteiger partial charge in [0.25, 0.3) is 0 Å². The number of rotatable bonds is 4. The molecule has 0 saturated heterocycles. The molecule has 0 aliphatic heterocycles.